The zero-order valence-electron chi connectivity index (χ0n) is 16.2. The molecule has 2 aromatic rings. The number of benzene rings is 2. The van der Waals surface area contributed by atoms with Crippen molar-refractivity contribution in [2.45, 2.75) is 32.5 Å². The Morgan fingerprint density at radius 2 is 1.86 bits per heavy atom. The SMILES string of the molecule is Cc1ccc(-c2ccccc2CN2CCC(C(=O)NCC(F)(F)F)CC2)cc1Cl. The molecule has 156 valence electrons. The minimum Gasteiger partial charge on any atom is -0.347 e. The van der Waals surface area contributed by atoms with Crippen LogP contribution < -0.4 is 5.32 Å². The van der Waals surface area contributed by atoms with Crippen molar-refractivity contribution in [3.63, 3.8) is 0 Å². The van der Waals surface area contributed by atoms with E-state index in [-0.39, 0.29) is 5.92 Å². The number of piperidine rings is 1. The van der Waals surface area contributed by atoms with Crippen LogP contribution in [-0.2, 0) is 11.3 Å². The highest BCUT2D eigenvalue weighted by molar-refractivity contribution is 6.31. The fourth-order valence-corrected chi connectivity index (χ4v) is 3.81. The molecule has 1 aliphatic heterocycles. The highest BCUT2D eigenvalue weighted by atomic mass is 35.5. The largest absolute Gasteiger partial charge is 0.405 e. The first kappa shape index (κ1) is 21.7. The molecule has 1 heterocycles. The molecule has 1 aliphatic rings. The topological polar surface area (TPSA) is 32.3 Å². The van der Waals surface area contributed by atoms with E-state index in [1.54, 1.807) is 0 Å². The lowest BCUT2D eigenvalue weighted by molar-refractivity contribution is -0.141. The van der Waals surface area contributed by atoms with Gasteiger partial charge in [-0.3, -0.25) is 9.69 Å². The van der Waals surface area contributed by atoms with E-state index >= 15 is 0 Å². The summed E-state index contributed by atoms with van der Waals surface area (Å²) in [4.78, 5) is 14.2. The molecular weight excluding hydrogens is 401 g/mol. The third-order valence-electron chi connectivity index (χ3n) is 5.32. The van der Waals surface area contributed by atoms with Gasteiger partial charge in [0.1, 0.15) is 6.54 Å². The summed E-state index contributed by atoms with van der Waals surface area (Å²) in [5.41, 5.74) is 4.35. The van der Waals surface area contributed by atoms with Crippen molar-refractivity contribution in [3.8, 4) is 11.1 Å². The molecule has 7 heteroatoms. The number of likely N-dealkylation sites (tertiary alicyclic amines) is 1. The van der Waals surface area contributed by atoms with Crippen LogP contribution in [0.25, 0.3) is 11.1 Å². The van der Waals surface area contributed by atoms with Crippen molar-refractivity contribution < 1.29 is 18.0 Å². The Bertz CT molecular complexity index is 861. The summed E-state index contributed by atoms with van der Waals surface area (Å²) in [5, 5.41) is 2.73. The van der Waals surface area contributed by atoms with Crippen molar-refractivity contribution in [1.29, 1.82) is 0 Å². The van der Waals surface area contributed by atoms with Gasteiger partial charge in [-0.05, 0) is 61.2 Å². The number of carbonyl (C=O) groups is 1. The van der Waals surface area contributed by atoms with Crippen molar-refractivity contribution in [1.82, 2.24) is 10.2 Å². The highest BCUT2D eigenvalue weighted by Crippen LogP contribution is 2.29. The van der Waals surface area contributed by atoms with Crippen molar-refractivity contribution in [2.24, 2.45) is 5.92 Å². The Morgan fingerprint density at radius 3 is 2.52 bits per heavy atom. The maximum Gasteiger partial charge on any atom is 0.405 e. The average Bonchev–Trinajstić information content (AvgIpc) is 2.69. The third kappa shape index (κ3) is 5.97. The maximum absolute atomic E-state index is 12.3. The number of amides is 1. The molecule has 2 aromatic carbocycles. The molecule has 1 amide bonds. The maximum atomic E-state index is 12.3. The van der Waals surface area contributed by atoms with Gasteiger partial charge in [-0.1, -0.05) is 48.0 Å². The molecule has 0 unspecified atom stereocenters. The molecule has 1 fully saturated rings. The number of hydrogen-bond donors (Lipinski definition) is 1. The van der Waals surface area contributed by atoms with Crippen LogP contribution in [0.5, 0.6) is 0 Å². The Balaban J connectivity index is 1.61. The zero-order valence-corrected chi connectivity index (χ0v) is 17.0. The zero-order chi connectivity index (χ0) is 21.0. The quantitative estimate of drug-likeness (QED) is 0.715. The minimum absolute atomic E-state index is 0.361. The summed E-state index contributed by atoms with van der Waals surface area (Å²) < 4.78 is 36.8. The molecule has 0 saturated carbocycles. The highest BCUT2D eigenvalue weighted by Gasteiger charge is 2.31. The van der Waals surface area contributed by atoms with E-state index < -0.39 is 18.6 Å². The van der Waals surface area contributed by atoms with Gasteiger partial charge >= 0.3 is 6.18 Å². The van der Waals surface area contributed by atoms with Crippen LogP contribution >= 0.6 is 11.6 Å². The molecule has 0 aromatic heterocycles. The van der Waals surface area contributed by atoms with E-state index in [0.29, 0.717) is 25.9 Å². The van der Waals surface area contributed by atoms with E-state index in [1.165, 1.54) is 0 Å². The summed E-state index contributed by atoms with van der Waals surface area (Å²) >= 11 is 6.29. The summed E-state index contributed by atoms with van der Waals surface area (Å²) in [6.07, 6.45) is -3.26. The van der Waals surface area contributed by atoms with E-state index in [1.807, 2.05) is 36.5 Å². The Labute approximate surface area is 173 Å². The number of rotatable bonds is 5. The van der Waals surface area contributed by atoms with Gasteiger partial charge < -0.3 is 5.32 Å². The van der Waals surface area contributed by atoms with Crippen LogP contribution in [-0.4, -0.2) is 36.6 Å². The first-order valence-corrected chi connectivity index (χ1v) is 10.0. The van der Waals surface area contributed by atoms with E-state index in [9.17, 15) is 18.0 Å². The molecule has 0 atom stereocenters. The number of carbonyl (C=O) groups excluding carboxylic acids is 1. The monoisotopic (exact) mass is 424 g/mol. The predicted molar refractivity (Wildman–Crippen MR) is 109 cm³/mol. The smallest absolute Gasteiger partial charge is 0.347 e. The lowest BCUT2D eigenvalue weighted by Gasteiger charge is -2.32. The third-order valence-corrected chi connectivity index (χ3v) is 5.72. The van der Waals surface area contributed by atoms with Crippen molar-refractivity contribution >= 4 is 17.5 Å². The van der Waals surface area contributed by atoms with Crippen LogP contribution in [0, 0.1) is 12.8 Å². The summed E-state index contributed by atoms with van der Waals surface area (Å²) in [6.45, 7) is 2.77. The molecular formula is C22H24ClF3N2O. The first-order chi connectivity index (χ1) is 13.7. The molecule has 3 nitrogen and oxygen atoms in total. The summed E-state index contributed by atoms with van der Waals surface area (Å²) in [7, 11) is 0. The lowest BCUT2D eigenvalue weighted by atomic mass is 9.94. The molecule has 0 bridgehead atoms. The summed E-state index contributed by atoms with van der Waals surface area (Å²) in [6, 6.07) is 14.1. The molecule has 0 aliphatic carbocycles. The van der Waals surface area contributed by atoms with Gasteiger partial charge in [0.2, 0.25) is 5.91 Å². The van der Waals surface area contributed by atoms with Crippen LogP contribution in [0.2, 0.25) is 5.02 Å². The number of nitrogens with zero attached hydrogens (tertiary/aromatic N) is 1. The van der Waals surface area contributed by atoms with Crippen LogP contribution in [0.3, 0.4) is 0 Å². The average molecular weight is 425 g/mol. The Morgan fingerprint density at radius 1 is 1.17 bits per heavy atom. The molecule has 1 N–H and O–H groups in total. The van der Waals surface area contributed by atoms with Gasteiger partial charge in [0, 0.05) is 17.5 Å². The predicted octanol–water partition coefficient (Wildman–Crippen LogP) is 5.21. The Hall–Kier alpha value is -2.05. The first-order valence-electron chi connectivity index (χ1n) is 9.64. The number of alkyl halides is 3. The fourth-order valence-electron chi connectivity index (χ4n) is 3.63. The number of halogens is 4. The van der Waals surface area contributed by atoms with E-state index in [0.717, 1.165) is 33.8 Å². The van der Waals surface area contributed by atoms with Crippen LogP contribution in [0.15, 0.2) is 42.5 Å². The number of aryl methyl sites for hydroxylation is 1. The van der Waals surface area contributed by atoms with Gasteiger partial charge in [-0.25, -0.2) is 0 Å². The van der Waals surface area contributed by atoms with Gasteiger partial charge in [-0.15, -0.1) is 0 Å². The standard InChI is InChI=1S/C22H24ClF3N2O/c1-15-6-7-17(12-20(15)23)19-5-3-2-4-18(19)13-28-10-8-16(9-11-28)21(29)27-14-22(24,25)26/h2-7,12,16H,8-11,13-14H2,1H3,(H,27,29). The van der Waals surface area contributed by atoms with Gasteiger partial charge in [0.25, 0.3) is 0 Å². The van der Waals surface area contributed by atoms with Crippen LogP contribution in [0.4, 0.5) is 13.2 Å². The lowest BCUT2D eigenvalue weighted by Crippen LogP contribution is -2.42. The minimum atomic E-state index is -4.38. The Kier molecular flexibility index (Phi) is 6.85. The number of hydrogen-bond acceptors (Lipinski definition) is 2. The van der Waals surface area contributed by atoms with E-state index in [2.05, 4.69) is 23.1 Å². The number of nitrogens with one attached hydrogen (secondary N) is 1. The van der Waals surface area contributed by atoms with E-state index in [4.69, 9.17) is 11.6 Å². The van der Waals surface area contributed by atoms with Gasteiger partial charge in [0.15, 0.2) is 0 Å². The fraction of sp³-hybridized carbons (Fsp3) is 0.409. The van der Waals surface area contributed by atoms with Crippen molar-refractivity contribution in [3.05, 3.63) is 58.6 Å². The van der Waals surface area contributed by atoms with Crippen LogP contribution in [0.1, 0.15) is 24.0 Å². The molecule has 3 rings (SSSR count). The molecule has 0 spiro atoms. The van der Waals surface area contributed by atoms with Gasteiger partial charge in [0.05, 0.1) is 0 Å². The van der Waals surface area contributed by atoms with Crippen molar-refractivity contribution in [2.75, 3.05) is 19.6 Å². The van der Waals surface area contributed by atoms with Gasteiger partial charge in [-0.2, -0.15) is 13.2 Å². The second-order valence-corrected chi connectivity index (χ2v) is 7.91. The summed E-state index contributed by atoms with van der Waals surface area (Å²) in [5.74, 6) is -0.864. The second kappa shape index (κ2) is 9.18. The normalized spacial score (nSPS) is 16.0. The molecule has 1 saturated heterocycles. The molecule has 0 radical (unpaired) electrons. The molecule has 29 heavy (non-hydrogen) atoms. The second-order valence-electron chi connectivity index (χ2n) is 7.50.